The van der Waals surface area contributed by atoms with Gasteiger partial charge >= 0.3 is 0 Å². The molecule has 0 saturated carbocycles. The number of nitrogens with two attached hydrogens (primary N) is 1. The van der Waals surface area contributed by atoms with E-state index in [4.69, 9.17) is 10.8 Å². The average molecular weight is 217 g/mol. The third-order valence-electron chi connectivity index (χ3n) is 1.76. The van der Waals surface area contributed by atoms with Crippen molar-refractivity contribution < 1.29 is 19.5 Å². The van der Waals surface area contributed by atoms with Crippen molar-refractivity contribution in [2.45, 2.75) is 18.5 Å². The highest BCUT2D eigenvalue weighted by Crippen LogP contribution is 1.91. The molecule has 2 amide bonds. The van der Waals surface area contributed by atoms with Crippen LogP contribution < -0.4 is 16.4 Å². The highest BCUT2D eigenvalue weighted by atomic mass is 16.3. The van der Waals surface area contributed by atoms with Gasteiger partial charge in [0.25, 0.3) is 0 Å². The molecule has 0 aliphatic carbocycles. The Morgan fingerprint density at radius 2 is 2.13 bits per heavy atom. The van der Waals surface area contributed by atoms with Gasteiger partial charge in [-0.15, -0.1) is 0 Å². The van der Waals surface area contributed by atoms with Crippen LogP contribution >= 0.6 is 0 Å². The summed E-state index contributed by atoms with van der Waals surface area (Å²) in [6, 6.07) is -1.75. The first-order chi connectivity index (χ1) is 7.04. The van der Waals surface area contributed by atoms with Crippen molar-refractivity contribution in [3.8, 4) is 0 Å². The summed E-state index contributed by atoms with van der Waals surface area (Å²) in [5.74, 6) is -1.18. The molecule has 0 heterocycles. The lowest BCUT2D eigenvalue weighted by atomic mass is 10.1. The first-order valence-electron chi connectivity index (χ1n) is 4.37. The number of carbonyl (C=O) groups is 3. The van der Waals surface area contributed by atoms with E-state index in [1.807, 2.05) is 0 Å². The van der Waals surface area contributed by atoms with E-state index in [1.165, 1.54) is 7.05 Å². The maximum absolute atomic E-state index is 11.4. The molecule has 0 aliphatic rings. The molecule has 2 atom stereocenters. The van der Waals surface area contributed by atoms with Gasteiger partial charge in [-0.1, -0.05) is 0 Å². The summed E-state index contributed by atoms with van der Waals surface area (Å²) >= 11 is 0. The molecule has 0 unspecified atom stereocenters. The summed E-state index contributed by atoms with van der Waals surface area (Å²) in [6.07, 6.45) is 0.244. The van der Waals surface area contributed by atoms with E-state index in [0.717, 1.165) is 0 Å². The summed E-state index contributed by atoms with van der Waals surface area (Å²) < 4.78 is 0. The Hall–Kier alpha value is -1.47. The first kappa shape index (κ1) is 13.5. The average Bonchev–Trinajstić information content (AvgIpc) is 2.21. The number of hydrogen-bond acceptors (Lipinski definition) is 5. The van der Waals surface area contributed by atoms with Gasteiger partial charge in [-0.2, -0.15) is 0 Å². The Balaban J connectivity index is 4.25. The van der Waals surface area contributed by atoms with Crippen molar-refractivity contribution >= 4 is 18.1 Å². The largest absolute Gasteiger partial charge is 0.394 e. The minimum Gasteiger partial charge on any atom is -0.394 e. The Bertz CT molecular complexity index is 244. The molecule has 0 aromatic carbocycles. The lowest BCUT2D eigenvalue weighted by Crippen LogP contribution is -2.49. The third-order valence-corrected chi connectivity index (χ3v) is 1.76. The van der Waals surface area contributed by atoms with E-state index in [1.54, 1.807) is 0 Å². The van der Waals surface area contributed by atoms with Gasteiger partial charge in [-0.25, -0.2) is 0 Å². The zero-order valence-electron chi connectivity index (χ0n) is 8.40. The molecule has 7 nitrogen and oxygen atoms in total. The van der Waals surface area contributed by atoms with Crippen molar-refractivity contribution in [1.29, 1.82) is 0 Å². The van der Waals surface area contributed by atoms with Crippen LogP contribution in [0.15, 0.2) is 0 Å². The van der Waals surface area contributed by atoms with Crippen LogP contribution in [0.1, 0.15) is 6.42 Å². The van der Waals surface area contributed by atoms with Gasteiger partial charge in [-0.05, 0) is 7.05 Å². The molecule has 86 valence electrons. The summed E-state index contributed by atoms with van der Waals surface area (Å²) in [4.78, 5) is 32.3. The van der Waals surface area contributed by atoms with E-state index in [-0.39, 0.29) is 6.42 Å². The fourth-order valence-corrected chi connectivity index (χ4v) is 0.933. The van der Waals surface area contributed by atoms with Crippen LogP contribution in [-0.4, -0.2) is 48.9 Å². The second-order valence-corrected chi connectivity index (χ2v) is 2.95. The lowest BCUT2D eigenvalue weighted by molar-refractivity contribution is -0.128. The molecule has 0 bridgehead atoms. The van der Waals surface area contributed by atoms with Gasteiger partial charge in [-0.3, -0.25) is 9.59 Å². The molecule has 0 aliphatic heterocycles. The highest BCUT2D eigenvalue weighted by Gasteiger charge is 2.20. The predicted octanol–water partition coefficient (Wildman–Crippen LogP) is -2.87. The summed E-state index contributed by atoms with van der Waals surface area (Å²) in [7, 11) is 1.49. The normalized spacial score (nSPS) is 14.0. The maximum atomic E-state index is 11.4. The molecule has 0 aromatic heterocycles. The van der Waals surface area contributed by atoms with E-state index in [2.05, 4.69) is 10.6 Å². The molecule has 0 aromatic rings. The molecule has 0 saturated heterocycles. The predicted molar refractivity (Wildman–Crippen MR) is 51.7 cm³/mol. The minimum absolute atomic E-state index is 0.167. The van der Waals surface area contributed by atoms with Crippen LogP contribution in [0.2, 0.25) is 0 Å². The zero-order chi connectivity index (χ0) is 11.8. The van der Waals surface area contributed by atoms with Gasteiger partial charge in [0.1, 0.15) is 12.3 Å². The van der Waals surface area contributed by atoms with Crippen molar-refractivity contribution in [2.24, 2.45) is 5.73 Å². The Labute approximate surface area is 87.0 Å². The highest BCUT2D eigenvalue weighted by molar-refractivity contribution is 5.89. The maximum Gasteiger partial charge on any atom is 0.238 e. The van der Waals surface area contributed by atoms with Crippen LogP contribution in [0.25, 0.3) is 0 Å². The van der Waals surface area contributed by atoms with Crippen LogP contribution in [0.5, 0.6) is 0 Å². The van der Waals surface area contributed by atoms with Gasteiger partial charge in [0.05, 0.1) is 19.1 Å². The quantitative estimate of drug-likeness (QED) is 0.341. The Morgan fingerprint density at radius 1 is 1.53 bits per heavy atom. The van der Waals surface area contributed by atoms with Crippen LogP contribution in [0.3, 0.4) is 0 Å². The van der Waals surface area contributed by atoms with E-state index < -0.39 is 30.5 Å². The number of hydrogen-bond donors (Lipinski definition) is 4. The number of likely N-dealkylation sites (N-methyl/N-ethyl adjacent to an activating group) is 1. The summed E-state index contributed by atoms with van der Waals surface area (Å²) in [5.41, 5.74) is 4.92. The molecule has 5 N–H and O–H groups in total. The number of nitrogens with one attached hydrogen (secondary N) is 2. The zero-order valence-corrected chi connectivity index (χ0v) is 8.40. The number of amides is 2. The minimum atomic E-state index is -0.957. The van der Waals surface area contributed by atoms with Crippen LogP contribution in [-0.2, 0) is 14.4 Å². The smallest absolute Gasteiger partial charge is 0.238 e. The van der Waals surface area contributed by atoms with E-state index >= 15 is 0 Å². The number of primary amides is 1. The second kappa shape index (κ2) is 6.91. The van der Waals surface area contributed by atoms with Crippen molar-refractivity contribution in [3.63, 3.8) is 0 Å². The van der Waals surface area contributed by atoms with Gasteiger partial charge in [0.2, 0.25) is 11.8 Å². The summed E-state index contributed by atoms with van der Waals surface area (Å²) in [6.45, 7) is -0.484. The summed E-state index contributed by atoms with van der Waals surface area (Å²) in [5, 5.41) is 13.5. The number of aliphatic hydroxyl groups excluding tert-OH is 1. The van der Waals surface area contributed by atoms with Crippen LogP contribution in [0.4, 0.5) is 0 Å². The number of carbonyl (C=O) groups excluding carboxylic acids is 3. The molecular formula is C8H15N3O4. The number of aliphatic hydroxyl groups is 1. The van der Waals surface area contributed by atoms with E-state index in [0.29, 0.717) is 6.29 Å². The fraction of sp³-hybridized carbons (Fsp3) is 0.625. The Kier molecular flexibility index (Phi) is 6.23. The van der Waals surface area contributed by atoms with Gasteiger partial charge < -0.3 is 26.3 Å². The van der Waals surface area contributed by atoms with Crippen molar-refractivity contribution in [1.82, 2.24) is 10.6 Å². The SMILES string of the molecule is CN[C@@H](CC(N)=O)C(=O)N[C@H](C=O)CO. The molecule has 0 radical (unpaired) electrons. The Morgan fingerprint density at radius 3 is 2.47 bits per heavy atom. The molecule has 0 spiro atoms. The molecule has 0 rings (SSSR count). The van der Waals surface area contributed by atoms with Crippen molar-refractivity contribution in [3.05, 3.63) is 0 Å². The molecule has 0 fully saturated rings. The van der Waals surface area contributed by atoms with E-state index in [9.17, 15) is 14.4 Å². The molecule has 7 heteroatoms. The third kappa shape index (κ3) is 5.08. The number of aldehydes is 1. The number of rotatable bonds is 7. The first-order valence-corrected chi connectivity index (χ1v) is 4.37. The molecule has 15 heavy (non-hydrogen) atoms. The fourth-order valence-electron chi connectivity index (χ4n) is 0.933. The van der Waals surface area contributed by atoms with Gasteiger partial charge in [0, 0.05) is 0 Å². The standard InChI is InChI=1S/C8H15N3O4/c1-10-6(2-7(9)14)8(15)11-5(3-12)4-13/h3,5-6,10,13H,2,4H2,1H3,(H2,9,14)(H,11,15)/t5-,6+/m1/s1. The second-order valence-electron chi connectivity index (χ2n) is 2.95. The van der Waals surface area contributed by atoms with Crippen molar-refractivity contribution in [2.75, 3.05) is 13.7 Å². The topological polar surface area (TPSA) is 122 Å². The monoisotopic (exact) mass is 217 g/mol. The van der Waals surface area contributed by atoms with Crippen LogP contribution in [0, 0.1) is 0 Å². The van der Waals surface area contributed by atoms with Gasteiger partial charge in [0.15, 0.2) is 0 Å². The molecular weight excluding hydrogens is 202 g/mol. The lowest BCUT2D eigenvalue weighted by Gasteiger charge is -2.16.